The van der Waals surface area contributed by atoms with Gasteiger partial charge in [0.15, 0.2) is 0 Å². The molecule has 0 aromatic rings. The van der Waals surface area contributed by atoms with Crippen molar-refractivity contribution in [3.63, 3.8) is 0 Å². The van der Waals surface area contributed by atoms with E-state index < -0.39 is 5.97 Å². The zero-order valence-corrected chi connectivity index (χ0v) is 12.4. The maximum Gasteiger partial charge on any atom is 0.321 e. The molecular weight excluding hydrogens is 226 g/mol. The average molecular weight is 253 g/mol. The standard InChI is InChI=1S/C15H27NO2/c1-10(2)12(13(17)18)16-9-15(5)7-11(16)6-14(3,4)8-15/h10-12H,6-9H2,1-5H3,(H,17,18). The van der Waals surface area contributed by atoms with Crippen LogP contribution < -0.4 is 0 Å². The summed E-state index contributed by atoms with van der Waals surface area (Å²) in [6, 6.07) is 0.146. The van der Waals surface area contributed by atoms with Crippen LogP contribution in [-0.2, 0) is 4.79 Å². The first kappa shape index (κ1) is 13.9. The molecule has 2 rings (SSSR count). The summed E-state index contributed by atoms with van der Waals surface area (Å²) in [6.07, 6.45) is 3.53. The van der Waals surface area contributed by atoms with Gasteiger partial charge in [0.1, 0.15) is 6.04 Å². The minimum absolute atomic E-state index is 0.175. The van der Waals surface area contributed by atoms with E-state index in [1.54, 1.807) is 0 Å². The van der Waals surface area contributed by atoms with Gasteiger partial charge in [-0.2, -0.15) is 0 Å². The monoisotopic (exact) mass is 253 g/mol. The van der Waals surface area contributed by atoms with Crippen LogP contribution in [0.15, 0.2) is 0 Å². The molecule has 3 nitrogen and oxygen atoms in total. The Kier molecular flexibility index (Phi) is 3.25. The summed E-state index contributed by atoms with van der Waals surface area (Å²) in [7, 11) is 0. The summed E-state index contributed by atoms with van der Waals surface area (Å²) in [4.78, 5) is 13.8. The van der Waals surface area contributed by atoms with Crippen molar-refractivity contribution < 1.29 is 9.90 Å². The number of carboxylic acids is 1. The van der Waals surface area contributed by atoms with Gasteiger partial charge in [0, 0.05) is 12.6 Å². The fraction of sp³-hybridized carbons (Fsp3) is 0.933. The Hall–Kier alpha value is -0.570. The first-order chi connectivity index (χ1) is 8.14. The lowest BCUT2D eigenvalue weighted by atomic mass is 9.65. The number of likely N-dealkylation sites (tertiary alicyclic amines) is 1. The van der Waals surface area contributed by atoms with Gasteiger partial charge in [-0.25, -0.2) is 0 Å². The molecule has 0 amide bonds. The summed E-state index contributed by atoms with van der Waals surface area (Å²) in [6.45, 7) is 12.0. The molecule has 2 fully saturated rings. The zero-order chi connectivity index (χ0) is 13.7. The average Bonchev–Trinajstić information content (AvgIpc) is 2.33. The third-order valence-corrected chi connectivity index (χ3v) is 4.70. The zero-order valence-electron chi connectivity index (χ0n) is 12.4. The molecular formula is C15H27NO2. The van der Waals surface area contributed by atoms with Crippen molar-refractivity contribution in [1.29, 1.82) is 0 Å². The van der Waals surface area contributed by atoms with Crippen LogP contribution in [0.25, 0.3) is 0 Å². The van der Waals surface area contributed by atoms with Gasteiger partial charge in [0.05, 0.1) is 0 Å². The van der Waals surface area contributed by atoms with E-state index in [0.29, 0.717) is 16.9 Å². The Morgan fingerprint density at radius 3 is 2.39 bits per heavy atom. The maximum absolute atomic E-state index is 11.5. The lowest BCUT2D eigenvalue weighted by Crippen LogP contribution is -2.47. The molecule has 0 aromatic carbocycles. The molecule has 3 heteroatoms. The smallest absolute Gasteiger partial charge is 0.321 e. The Balaban J connectivity index is 2.24. The minimum Gasteiger partial charge on any atom is -0.480 e. The van der Waals surface area contributed by atoms with Crippen LogP contribution in [0.3, 0.4) is 0 Å². The van der Waals surface area contributed by atoms with E-state index in [0.717, 1.165) is 13.0 Å². The molecule has 3 unspecified atom stereocenters. The molecule has 1 aliphatic heterocycles. The van der Waals surface area contributed by atoms with Crippen LogP contribution in [0, 0.1) is 16.7 Å². The normalized spacial score (nSPS) is 36.9. The first-order valence-corrected chi connectivity index (χ1v) is 7.12. The van der Waals surface area contributed by atoms with Crippen molar-refractivity contribution >= 4 is 5.97 Å². The van der Waals surface area contributed by atoms with E-state index >= 15 is 0 Å². The van der Waals surface area contributed by atoms with Gasteiger partial charge in [0.2, 0.25) is 0 Å². The number of rotatable bonds is 3. The Morgan fingerprint density at radius 1 is 1.28 bits per heavy atom. The molecule has 0 spiro atoms. The summed E-state index contributed by atoms with van der Waals surface area (Å²) >= 11 is 0. The number of aliphatic carboxylic acids is 1. The number of carboxylic acid groups (broad SMARTS) is 1. The van der Waals surface area contributed by atoms with Crippen molar-refractivity contribution in [2.24, 2.45) is 16.7 Å². The maximum atomic E-state index is 11.5. The van der Waals surface area contributed by atoms with E-state index in [-0.39, 0.29) is 12.0 Å². The highest BCUT2D eigenvalue weighted by molar-refractivity contribution is 5.74. The minimum atomic E-state index is -0.654. The number of hydrogen-bond donors (Lipinski definition) is 1. The van der Waals surface area contributed by atoms with Crippen LogP contribution in [0.2, 0.25) is 0 Å². The second-order valence-electron chi connectivity index (χ2n) is 7.91. The van der Waals surface area contributed by atoms with E-state index in [4.69, 9.17) is 0 Å². The third-order valence-electron chi connectivity index (χ3n) is 4.70. The summed E-state index contributed by atoms with van der Waals surface area (Å²) in [5.74, 6) is -0.479. The molecule has 1 heterocycles. The van der Waals surface area contributed by atoms with Gasteiger partial charge < -0.3 is 5.11 Å². The highest BCUT2D eigenvalue weighted by Gasteiger charge is 2.52. The predicted molar refractivity (Wildman–Crippen MR) is 72.5 cm³/mol. The number of hydrogen-bond acceptors (Lipinski definition) is 2. The second-order valence-corrected chi connectivity index (χ2v) is 7.91. The molecule has 3 atom stereocenters. The van der Waals surface area contributed by atoms with Crippen LogP contribution >= 0.6 is 0 Å². The van der Waals surface area contributed by atoms with E-state index in [1.807, 2.05) is 13.8 Å². The number of fused-ring (bicyclic) bond motifs is 2. The van der Waals surface area contributed by atoms with Crippen molar-refractivity contribution in [1.82, 2.24) is 4.90 Å². The first-order valence-electron chi connectivity index (χ1n) is 7.12. The van der Waals surface area contributed by atoms with E-state index in [2.05, 4.69) is 25.7 Å². The van der Waals surface area contributed by atoms with Gasteiger partial charge in [0.25, 0.3) is 0 Å². The molecule has 1 saturated carbocycles. The molecule has 18 heavy (non-hydrogen) atoms. The molecule has 0 radical (unpaired) electrons. The van der Waals surface area contributed by atoms with E-state index in [9.17, 15) is 9.90 Å². The molecule has 0 aromatic heterocycles. The SMILES string of the molecule is CC(C)C(C(=O)O)N1CC2(C)CC1CC(C)(C)C2. The molecule has 2 bridgehead atoms. The van der Waals surface area contributed by atoms with Crippen molar-refractivity contribution in [3.05, 3.63) is 0 Å². The molecule has 1 aliphatic carbocycles. The molecule has 1 saturated heterocycles. The Labute approximate surface area is 111 Å². The molecule has 1 N–H and O–H groups in total. The van der Waals surface area contributed by atoms with Crippen molar-refractivity contribution in [2.45, 2.75) is 66.0 Å². The van der Waals surface area contributed by atoms with Crippen molar-refractivity contribution in [2.75, 3.05) is 6.54 Å². The fourth-order valence-corrected chi connectivity index (χ4v) is 4.64. The largest absolute Gasteiger partial charge is 0.480 e. The van der Waals surface area contributed by atoms with Crippen LogP contribution in [0.5, 0.6) is 0 Å². The quantitative estimate of drug-likeness (QED) is 0.840. The van der Waals surface area contributed by atoms with Crippen LogP contribution in [0.1, 0.15) is 53.9 Å². The van der Waals surface area contributed by atoms with Gasteiger partial charge >= 0.3 is 5.97 Å². The summed E-state index contributed by atoms with van der Waals surface area (Å²) < 4.78 is 0. The summed E-state index contributed by atoms with van der Waals surface area (Å²) in [5.41, 5.74) is 0.668. The molecule has 104 valence electrons. The van der Waals surface area contributed by atoms with Gasteiger partial charge in [-0.05, 0) is 36.0 Å². The highest BCUT2D eigenvalue weighted by atomic mass is 16.4. The topological polar surface area (TPSA) is 40.5 Å². The Morgan fingerprint density at radius 2 is 1.89 bits per heavy atom. The summed E-state index contributed by atoms with van der Waals surface area (Å²) in [5, 5.41) is 9.50. The predicted octanol–water partition coefficient (Wildman–Crippen LogP) is 3.00. The number of nitrogens with zero attached hydrogens (tertiary/aromatic N) is 1. The lowest BCUT2D eigenvalue weighted by molar-refractivity contribution is -0.145. The fourth-order valence-electron chi connectivity index (χ4n) is 4.64. The van der Waals surface area contributed by atoms with Gasteiger partial charge in [-0.3, -0.25) is 9.69 Å². The van der Waals surface area contributed by atoms with Gasteiger partial charge in [-0.1, -0.05) is 34.6 Å². The van der Waals surface area contributed by atoms with Crippen LogP contribution in [-0.4, -0.2) is 34.6 Å². The van der Waals surface area contributed by atoms with E-state index in [1.165, 1.54) is 12.8 Å². The highest BCUT2D eigenvalue weighted by Crippen LogP contribution is 2.53. The Bertz CT molecular complexity index is 350. The third kappa shape index (κ3) is 2.42. The number of carbonyl (C=O) groups is 1. The lowest BCUT2D eigenvalue weighted by Gasteiger charge is -2.40. The second kappa shape index (κ2) is 4.22. The van der Waals surface area contributed by atoms with Gasteiger partial charge in [-0.15, -0.1) is 0 Å². The van der Waals surface area contributed by atoms with Crippen LogP contribution in [0.4, 0.5) is 0 Å². The van der Waals surface area contributed by atoms with Crippen molar-refractivity contribution in [3.8, 4) is 0 Å². The molecule has 2 aliphatic rings.